The van der Waals surface area contributed by atoms with Crippen LogP contribution in [0.2, 0.25) is 0 Å². The van der Waals surface area contributed by atoms with Crippen molar-refractivity contribution in [2.45, 2.75) is 77.6 Å². The van der Waals surface area contributed by atoms with E-state index in [2.05, 4.69) is 4.18 Å². The molecule has 1 aliphatic heterocycles. The largest absolute Gasteiger partial charge is 1.00 e. The summed E-state index contributed by atoms with van der Waals surface area (Å²) in [6, 6.07) is 0. The van der Waals surface area contributed by atoms with E-state index in [1.165, 1.54) is 57.8 Å². The first kappa shape index (κ1) is 24.7. The first-order chi connectivity index (χ1) is 10.1. The van der Waals surface area contributed by atoms with Crippen molar-refractivity contribution in [3.05, 3.63) is 0 Å². The standard InChI is InChI=1S/C11H22O.C4H10O4S.Li/c1-2-4-6-8-10-12-11-9-7-5-3-1;1-2-3-4-8-9(5,6)7;/h1-11H2;2-4H2,1H3,(H,5,6,7);/q;;+1/p-1. The van der Waals surface area contributed by atoms with Crippen LogP contribution in [0, 0.1) is 0 Å². The molecule has 1 saturated heterocycles. The summed E-state index contributed by atoms with van der Waals surface area (Å²) in [5, 5.41) is 0. The molecule has 0 amide bonds. The van der Waals surface area contributed by atoms with Crippen LogP contribution >= 0.6 is 0 Å². The van der Waals surface area contributed by atoms with Crippen molar-refractivity contribution in [2.24, 2.45) is 0 Å². The summed E-state index contributed by atoms with van der Waals surface area (Å²) in [7, 11) is -4.45. The van der Waals surface area contributed by atoms with Gasteiger partial charge in [0.1, 0.15) is 0 Å². The molecule has 1 aliphatic rings. The molecule has 7 heteroatoms. The van der Waals surface area contributed by atoms with Gasteiger partial charge in [-0.05, 0) is 19.3 Å². The Labute approximate surface area is 148 Å². The van der Waals surface area contributed by atoms with Gasteiger partial charge in [-0.25, -0.2) is 8.42 Å². The average Bonchev–Trinajstić information content (AvgIpc) is 2.39. The van der Waals surface area contributed by atoms with Crippen LogP contribution in [-0.2, 0) is 19.3 Å². The predicted octanol–water partition coefficient (Wildman–Crippen LogP) is 0.795. The van der Waals surface area contributed by atoms with Crippen LogP contribution < -0.4 is 18.9 Å². The predicted molar refractivity (Wildman–Crippen MR) is 82.9 cm³/mol. The van der Waals surface area contributed by atoms with E-state index in [0.717, 1.165) is 19.6 Å². The van der Waals surface area contributed by atoms with E-state index in [4.69, 9.17) is 4.74 Å². The Morgan fingerprint density at radius 3 is 1.68 bits per heavy atom. The van der Waals surface area contributed by atoms with Crippen molar-refractivity contribution in [1.29, 1.82) is 0 Å². The zero-order valence-corrected chi connectivity index (χ0v) is 15.2. The first-order valence-electron chi connectivity index (χ1n) is 8.24. The molecule has 0 aromatic heterocycles. The van der Waals surface area contributed by atoms with Gasteiger partial charge in [0.2, 0.25) is 10.4 Å². The van der Waals surface area contributed by atoms with Crippen LogP contribution in [0.15, 0.2) is 0 Å². The molecule has 22 heavy (non-hydrogen) atoms. The SMILES string of the molecule is C1CCCCCOCCCCC1.CCCCOS(=O)(=O)[O-].[Li+]. The smallest absolute Gasteiger partial charge is 0.726 e. The fourth-order valence-corrected chi connectivity index (χ4v) is 2.38. The minimum Gasteiger partial charge on any atom is -0.726 e. The third kappa shape index (κ3) is 22.7. The molecule has 0 unspecified atom stereocenters. The van der Waals surface area contributed by atoms with Gasteiger partial charge in [0.05, 0.1) is 6.61 Å². The molecule has 0 aliphatic carbocycles. The van der Waals surface area contributed by atoms with E-state index >= 15 is 0 Å². The normalized spacial score (nSPS) is 17.9. The first-order valence-corrected chi connectivity index (χ1v) is 9.57. The van der Waals surface area contributed by atoms with Crippen LogP contribution in [0.25, 0.3) is 0 Å². The maximum atomic E-state index is 9.73. The zero-order valence-electron chi connectivity index (χ0n) is 14.3. The molecular formula is C15H31LiO5S. The third-order valence-electron chi connectivity index (χ3n) is 3.30. The average molecular weight is 330 g/mol. The monoisotopic (exact) mass is 330 g/mol. The van der Waals surface area contributed by atoms with E-state index in [1.807, 2.05) is 6.92 Å². The van der Waals surface area contributed by atoms with Crippen molar-refractivity contribution in [1.82, 2.24) is 0 Å². The third-order valence-corrected chi connectivity index (χ3v) is 3.76. The van der Waals surface area contributed by atoms with Crippen molar-refractivity contribution in [3.8, 4) is 0 Å². The fourth-order valence-electron chi connectivity index (χ4n) is 2.05. The molecular weight excluding hydrogens is 299 g/mol. The second-order valence-electron chi connectivity index (χ2n) is 5.38. The number of rotatable bonds is 4. The zero-order chi connectivity index (χ0) is 15.8. The molecule has 1 heterocycles. The molecule has 5 nitrogen and oxygen atoms in total. The number of hydrogen-bond donors (Lipinski definition) is 0. The van der Waals surface area contributed by atoms with Gasteiger partial charge in [-0.15, -0.1) is 0 Å². The molecule has 0 saturated carbocycles. The van der Waals surface area contributed by atoms with Crippen molar-refractivity contribution in [2.75, 3.05) is 19.8 Å². The minimum atomic E-state index is -4.45. The Hall–Kier alpha value is 0.427. The van der Waals surface area contributed by atoms with Crippen molar-refractivity contribution >= 4 is 10.4 Å². The summed E-state index contributed by atoms with van der Waals surface area (Å²) < 4.78 is 38.6. The summed E-state index contributed by atoms with van der Waals surface area (Å²) in [4.78, 5) is 0. The Bertz CT molecular complexity index is 266. The van der Waals surface area contributed by atoms with Gasteiger partial charge in [0.25, 0.3) is 0 Å². The second-order valence-corrected chi connectivity index (χ2v) is 6.43. The van der Waals surface area contributed by atoms with E-state index in [-0.39, 0.29) is 25.5 Å². The summed E-state index contributed by atoms with van der Waals surface area (Å²) in [5.74, 6) is 0. The van der Waals surface area contributed by atoms with Crippen LogP contribution in [-0.4, -0.2) is 32.8 Å². The van der Waals surface area contributed by atoms with E-state index in [0.29, 0.717) is 6.42 Å². The number of ether oxygens (including phenoxy) is 1. The van der Waals surface area contributed by atoms with Gasteiger partial charge in [0.15, 0.2) is 0 Å². The summed E-state index contributed by atoms with van der Waals surface area (Å²) in [6.07, 6.45) is 13.9. The van der Waals surface area contributed by atoms with Gasteiger partial charge in [-0.2, -0.15) is 0 Å². The van der Waals surface area contributed by atoms with E-state index in [1.54, 1.807) is 0 Å². The van der Waals surface area contributed by atoms with Crippen molar-refractivity contribution < 1.29 is 40.8 Å². The molecule has 1 fully saturated rings. The van der Waals surface area contributed by atoms with Crippen LogP contribution in [0.5, 0.6) is 0 Å². The molecule has 128 valence electrons. The number of hydrogen-bond acceptors (Lipinski definition) is 5. The van der Waals surface area contributed by atoms with Crippen LogP contribution in [0.3, 0.4) is 0 Å². The molecule has 0 aromatic carbocycles. The molecule has 0 bridgehead atoms. The van der Waals surface area contributed by atoms with E-state index < -0.39 is 10.4 Å². The summed E-state index contributed by atoms with van der Waals surface area (Å²) in [6.45, 7) is 3.88. The van der Waals surface area contributed by atoms with Crippen LogP contribution in [0.1, 0.15) is 77.6 Å². The van der Waals surface area contributed by atoms with Gasteiger partial charge >= 0.3 is 18.9 Å². The summed E-state index contributed by atoms with van der Waals surface area (Å²) in [5.41, 5.74) is 0. The minimum absolute atomic E-state index is 0. The summed E-state index contributed by atoms with van der Waals surface area (Å²) >= 11 is 0. The molecule has 0 spiro atoms. The molecule has 0 radical (unpaired) electrons. The quantitative estimate of drug-likeness (QED) is 0.330. The van der Waals surface area contributed by atoms with Gasteiger partial charge in [0, 0.05) is 13.2 Å². The maximum Gasteiger partial charge on any atom is 1.00 e. The van der Waals surface area contributed by atoms with Crippen molar-refractivity contribution in [3.63, 3.8) is 0 Å². The van der Waals surface area contributed by atoms with Gasteiger partial charge < -0.3 is 9.29 Å². The van der Waals surface area contributed by atoms with Gasteiger partial charge in [-0.3, -0.25) is 4.18 Å². The Morgan fingerprint density at radius 2 is 1.32 bits per heavy atom. The Morgan fingerprint density at radius 1 is 0.909 bits per heavy atom. The number of unbranched alkanes of at least 4 members (excludes halogenated alkanes) is 1. The van der Waals surface area contributed by atoms with Crippen LogP contribution in [0.4, 0.5) is 0 Å². The van der Waals surface area contributed by atoms with Gasteiger partial charge in [-0.1, -0.05) is 58.3 Å². The maximum absolute atomic E-state index is 9.73. The molecule has 0 atom stereocenters. The molecule has 0 N–H and O–H groups in total. The second kappa shape index (κ2) is 17.8. The molecule has 0 aromatic rings. The van der Waals surface area contributed by atoms with E-state index in [9.17, 15) is 13.0 Å². The topological polar surface area (TPSA) is 75.7 Å². The Balaban J connectivity index is 0. The fraction of sp³-hybridized carbons (Fsp3) is 1.00. The molecule has 1 rings (SSSR count). The Kier molecular flexibility index (Phi) is 19.9.